The maximum atomic E-state index is 11.7. The number of hydrogen-bond donors (Lipinski definition) is 3. The van der Waals surface area contributed by atoms with Gasteiger partial charge in [-0.3, -0.25) is 4.79 Å². The molecule has 1 rings (SSSR count). The summed E-state index contributed by atoms with van der Waals surface area (Å²) in [4.78, 5) is 11.7. The van der Waals surface area contributed by atoms with Crippen molar-refractivity contribution in [1.82, 2.24) is 5.32 Å². The fourth-order valence-corrected chi connectivity index (χ4v) is 1.72. The molecule has 1 aromatic carbocycles. The molecule has 0 saturated heterocycles. The van der Waals surface area contributed by atoms with Crippen molar-refractivity contribution in [3.63, 3.8) is 0 Å². The molecule has 0 radical (unpaired) electrons. The van der Waals surface area contributed by atoms with Gasteiger partial charge in [0.1, 0.15) is 0 Å². The zero-order valence-electron chi connectivity index (χ0n) is 11.8. The highest BCUT2D eigenvalue weighted by atomic mass is 35.5. The van der Waals surface area contributed by atoms with Gasteiger partial charge in [-0.05, 0) is 31.2 Å². The highest BCUT2D eigenvalue weighted by Gasteiger charge is 2.19. The molecule has 1 unspecified atom stereocenters. The fourth-order valence-electron chi connectivity index (χ4n) is 1.59. The number of amides is 1. The number of nitrogens with one attached hydrogen (secondary N) is 2. The second kappa shape index (κ2) is 8.21. The third-order valence-corrected chi connectivity index (χ3v) is 3.02. The maximum absolute atomic E-state index is 11.7. The lowest BCUT2D eigenvalue weighted by Gasteiger charge is -2.23. The Balaban J connectivity index is 2.28. The number of rotatable bonds is 8. The molecule has 1 aromatic rings. The van der Waals surface area contributed by atoms with Crippen LogP contribution in [0.2, 0.25) is 5.02 Å². The zero-order valence-corrected chi connectivity index (χ0v) is 12.5. The Morgan fingerprint density at radius 1 is 1.40 bits per heavy atom. The Hall–Kier alpha value is -1.14. The molecule has 0 fully saturated rings. The summed E-state index contributed by atoms with van der Waals surface area (Å²) in [5.41, 5.74) is -0.205. The number of benzene rings is 1. The molecule has 5 nitrogen and oxygen atoms in total. The van der Waals surface area contributed by atoms with Crippen molar-refractivity contribution < 1.29 is 14.6 Å². The van der Waals surface area contributed by atoms with E-state index in [-0.39, 0.29) is 12.5 Å². The molecule has 1 atom stereocenters. The number of aliphatic hydroxyl groups is 1. The highest BCUT2D eigenvalue weighted by Crippen LogP contribution is 2.13. The van der Waals surface area contributed by atoms with Gasteiger partial charge >= 0.3 is 0 Å². The number of carbonyl (C=O) groups excluding carboxylic acids is 1. The van der Waals surface area contributed by atoms with Crippen molar-refractivity contribution in [2.45, 2.75) is 18.9 Å². The van der Waals surface area contributed by atoms with Gasteiger partial charge in [-0.2, -0.15) is 0 Å². The van der Waals surface area contributed by atoms with E-state index in [1.54, 1.807) is 38.3 Å². The Kier molecular flexibility index (Phi) is 6.95. The summed E-state index contributed by atoms with van der Waals surface area (Å²) in [6, 6.07) is 6.88. The zero-order chi connectivity index (χ0) is 15.0. The molecular weight excluding hydrogens is 280 g/mol. The Labute approximate surface area is 124 Å². The molecule has 3 N–H and O–H groups in total. The first-order chi connectivity index (χ1) is 9.43. The van der Waals surface area contributed by atoms with Crippen molar-refractivity contribution in [1.29, 1.82) is 0 Å². The Morgan fingerprint density at radius 2 is 2.05 bits per heavy atom. The van der Waals surface area contributed by atoms with Gasteiger partial charge in [0.05, 0.1) is 12.1 Å². The van der Waals surface area contributed by atoms with Crippen molar-refractivity contribution in [2.75, 3.05) is 32.1 Å². The van der Waals surface area contributed by atoms with Gasteiger partial charge in [-0.15, -0.1) is 0 Å². The van der Waals surface area contributed by atoms with Crippen LogP contribution in [-0.4, -0.2) is 43.4 Å². The van der Waals surface area contributed by atoms with Crippen LogP contribution in [0.5, 0.6) is 0 Å². The standard InChI is InChI=1S/C14H21ClN2O3/c1-14(19,7-8-20-2)10-16-9-13(18)17-12-5-3-11(15)4-6-12/h3-6,16,19H,7-10H2,1-2H3,(H,17,18). The number of halogens is 1. The lowest BCUT2D eigenvalue weighted by molar-refractivity contribution is -0.115. The van der Waals surface area contributed by atoms with Gasteiger partial charge < -0.3 is 20.5 Å². The number of carbonyl (C=O) groups is 1. The van der Waals surface area contributed by atoms with Gasteiger partial charge in [0, 0.05) is 37.4 Å². The predicted molar refractivity (Wildman–Crippen MR) is 80.1 cm³/mol. The lowest BCUT2D eigenvalue weighted by atomic mass is 10.0. The molecule has 0 aliphatic carbocycles. The molecule has 0 aliphatic rings. The molecule has 0 aliphatic heterocycles. The van der Waals surface area contributed by atoms with Crippen molar-refractivity contribution in [3.8, 4) is 0 Å². The third kappa shape index (κ3) is 6.86. The van der Waals surface area contributed by atoms with Crippen molar-refractivity contribution in [2.24, 2.45) is 0 Å². The first-order valence-corrected chi connectivity index (χ1v) is 6.78. The van der Waals surface area contributed by atoms with Crippen LogP contribution in [0.3, 0.4) is 0 Å². The molecule has 0 aromatic heterocycles. The predicted octanol–water partition coefficient (Wildman–Crippen LogP) is 1.66. The second-order valence-electron chi connectivity index (χ2n) is 4.90. The van der Waals surface area contributed by atoms with Gasteiger partial charge in [-0.1, -0.05) is 11.6 Å². The minimum atomic E-state index is -0.892. The number of hydrogen-bond acceptors (Lipinski definition) is 4. The molecule has 112 valence electrons. The molecule has 6 heteroatoms. The van der Waals surface area contributed by atoms with Crippen LogP contribution in [0.25, 0.3) is 0 Å². The number of ether oxygens (including phenoxy) is 1. The topological polar surface area (TPSA) is 70.6 Å². The summed E-state index contributed by atoms with van der Waals surface area (Å²) in [5.74, 6) is -0.171. The summed E-state index contributed by atoms with van der Waals surface area (Å²) in [6.45, 7) is 2.64. The van der Waals surface area contributed by atoms with E-state index in [2.05, 4.69) is 10.6 Å². The summed E-state index contributed by atoms with van der Waals surface area (Å²) < 4.78 is 4.92. The third-order valence-electron chi connectivity index (χ3n) is 2.76. The minimum Gasteiger partial charge on any atom is -0.389 e. The summed E-state index contributed by atoms with van der Waals surface area (Å²) in [7, 11) is 1.59. The lowest BCUT2D eigenvalue weighted by Crippen LogP contribution is -2.41. The van der Waals surface area contributed by atoms with Gasteiger partial charge in [0.15, 0.2) is 0 Å². The van der Waals surface area contributed by atoms with E-state index in [1.807, 2.05) is 0 Å². The van der Waals surface area contributed by atoms with Crippen LogP contribution in [-0.2, 0) is 9.53 Å². The van der Waals surface area contributed by atoms with Gasteiger partial charge in [0.2, 0.25) is 5.91 Å². The van der Waals surface area contributed by atoms with Crippen LogP contribution in [0, 0.1) is 0 Å². The first-order valence-electron chi connectivity index (χ1n) is 6.40. The molecule has 1 amide bonds. The monoisotopic (exact) mass is 300 g/mol. The van der Waals surface area contributed by atoms with E-state index >= 15 is 0 Å². The van der Waals surface area contributed by atoms with Gasteiger partial charge in [0.25, 0.3) is 0 Å². The highest BCUT2D eigenvalue weighted by molar-refractivity contribution is 6.30. The van der Waals surface area contributed by atoms with E-state index in [0.717, 1.165) is 0 Å². The quantitative estimate of drug-likeness (QED) is 0.683. The van der Waals surface area contributed by atoms with Crippen LogP contribution >= 0.6 is 11.6 Å². The van der Waals surface area contributed by atoms with Crippen LogP contribution in [0.4, 0.5) is 5.69 Å². The van der Waals surface area contributed by atoms with E-state index in [1.165, 1.54) is 0 Å². The maximum Gasteiger partial charge on any atom is 0.238 e. The average molecular weight is 301 g/mol. The summed E-state index contributed by atoms with van der Waals surface area (Å²) >= 11 is 5.76. The van der Waals surface area contributed by atoms with Crippen LogP contribution in [0.1, 0.15) is 13.3 Å². The van der Waals surface area contributed by atoms with E-state index in [0.29, 0.717) is 30.3 Å². The number of anilines is 1. The number of methoxy groups -OCH3 is 1. The SMILES string of the molecule is COCCC(C)(O)CNCC(=O)Nc1ccc(Cl)cc1. The fraction of sp³-hybridized carbons (Fsp3) is 0.500. The first kappa shape index (κ1) is 16.9. The molecule has 20 heavy (non-hydrogen) atoms. The summed E-state index contributed by atoms with van der Waals surface area (Å²) in [6.07, 6.45) is 0.509. The smallest absolute Gasteiger partial charge is 0.238 e. The normalized spacial score (nSPS) is 13.8. The van der Waals surface area contributed by atoms with Crippen LogP contribution < -0.4 is 10.6 Å². The Morgan fingerprint density at radius 3 is 2.65 bits per heavy atom. The van der Waals surface area contributed by atoms with Crippen LogP contribution in [0.15, 0.2) is 24.3 Å². The summed E-state index contributed by atoms with van der Waals surface area (Å²) in [5, 5.41) is 16.3. The van der Waals surface area contributed by atoms with E-state index in [4.69, 9.17) is 16.3 Å². The average Bonchev–Trinajstić information content (AvgIpc) is 2.39. The molecule has 0 spiro atoms. The molecule has 0 heterocycles. The van der Waals surface area contributed by atoms with E-state index < -0.39 is 5.60 Å². The van der Waals surface area contributed by atoms with E-state index in [9.17, 15) is 9.90 Å². The van der Waals surface area contributed by atoms with Crippen molar-refractivity contribution >= 4 is 23.2 Å². The molecule has 0 bridgehead atoms. The molecular formula is C14H21ClN2O3. The minimum absolute atomic E-state index is 0.131. The Bertz CT molecular complexity index is 421. The van der Waals surface area contributed by atoms with Crippen molar-refractivity contribution in [3.05, 3.63) is 29.3 Å². The largest absolute Gasteiger partial charge is 0.389 e. The molecule has 0 saturated carbocycles. The van der Waals surface area contributed by atoms with Gasteiger partial charge in [-0.25, -0.2) is 0 Å². The second-order valence-corrected chi connectivity index (χ2v) is 5.33.